The average molecular weight is 178 g/mol. The van der Waals surface area contributed by atoms with Gasteiger partial charge < -0.3 is 0 Å². The summed E-state index contributed by atoms with van der Waals surface area (Å²) in [4.78, 5) is 0. The van der Waals surface area contributed by atoms with Crippen molar-refractivity contribution < 1.29 is 0 Å². The maximum Gasteiger partial charge on any atom is -0.0227 e. The van der Waals surface area contributed by atoms with Crippen molar-refractivity contribution in [2.75, 3.05) is 0 Å². The molecule has 0 heteroatoms. The predicted octanol–water partition coefficient (Wildman–Crippen LogP) is 4.50. The van der Waals surface area contributed by atoms with Gasteiger partial charge in [0.25, 0.3) is 0 Å². The molecule has 0 aromatic heterocycles. The highest BCUT2D eigenvalue weighted by molar-refractivity contribution is 5.31. The Bertz CT molecular complexity index is 211. The van der Waals surface area contributed by atoms with Crippen LogP contribution in [0.15, 0.2) is 36.5 Å². The molecule has 0 atom stereocenters. The van der Waals surface area contributed by atoms with E-state index in [0.29, 0.717) is 5.41 Å². The molecule has 0 radical (unpaired) electrons. The molecule has 0 aromatic carbocycles. The Labute approximate surface area is 83.0 Å². The summed E-state index contributed by atoms with van der Waals surface area (Å²) in [5, 5.41) is 0. The van der Waals surface area contributed by atoms with Crippen LogP contribution in [-0.4, -0.2) is 0 Å². The fourth-order valence-corrected chi connectivity index (χ4v) is 1.39. The van der Waals surface area contributed by atoms with E-state index in [1.54, 1.807) is 0 Å². The maximum absolute atomic E-state index is 3.86. The zero-order valence-corrected chi connectivity index (χ0v) is 9.48. The van der Waals surface area contributed by atoms with Gasteiger partial charge in [-0.3, -0.25) is 0 Å². The molecule has 0 nitrogen and oxygen atoms in total. The zero-order valence-electron chi connectivity index (χ0n) is 9.48. The molecule has 0 saturated carbocycles. The summed E-state index contributed by atoms with van der Waals surface area (Å²) in [6, 6.07) is 0. The quantitative estimate of drug-likeness (QED) is 0.556. The second-order valence-electron chi connectivity index (χ2n) is 4.55. The second kappa shape index (κ2) is 5.06. The van der Waals surface area contributed by atoms with Gasteiger partial charge in [0.15, 0.2) is 0 Å². The van der Waals surface area contributed by atoms with Crippen LogP contribution in [0, 0.1) is 5.41 Å². The summed E-state index contributed by atoms with van der Waals surface area (Å²) < 4.78 is 0. The molecule has 0 aliphatic rings. The standard InChI is InChI=1S/C13H22/c1-7-11(8-2)12(9-3)10-13(4,5)6/h7,9H,1,3,8,10H2,2,4-6H3. The number of allylic oxidation sites excluding steroid dienone is 4. The molecule has 0 saturated heterocycles. The van der Waals surface area contributed by atoms with Gasteiger partial charge in [0.05, 0.1) is 0 Å². The van der Waals surface area contributed by atoms with Gasteiger partial charge in [0.1, 0.15) is 0 Å². The Hall–Kier alpha value is -0.780. The highest BCUT2D eigenvalue weighted by atomic mass is 14.2. The summed E-state index contributed by atoms with van der Waals surface area (Å²) in [5.41, 5.74) is 2.99. The van der Waals surface area contributed by atoms with Crippen LogP contribution in [0.3, 0.4) is 0 Å². The van der Waals surface area contributed by atoms with Crippen LogP contribution in [0.4, 0.5) is 0 Å². The molecular weight excluding hydrogens is 156 g/mol. The fraction of sp³-hybridized carbons (Fsp3) is 0.538. The summed E-state index contributed by atoms with van der Waals surface area (Å²) >= 11 is 0. The van der Waals surface area contributed by atoms with Gasteiger partial charge in [-0.25, -0.2) is 0 Å². The first-order chi connectivity index (χ1) is 5.94. The highest BCUT2D eigenvalue weighted by Crippen LogP contribution is 2.27. The van der Waals surface area contributed by atoms with Gasteiger partial charge in [0.2, 0.25) is 0 Å². The van der Waals surface area contributed by atoms with Crippen LogP contribution in [0.25, 0.3) is 0 Å². The van der Waals surface area contributed by atoms with Crippen molar-refractivity contribution in [2.24, 2.45) is 5.41 Å². The third-order valence-electron chi connectivity index (χ3n) is 2.01. The second-order valence-corrected chi connectivity index (χ2v) is 4.55. The minimum atomic E-state index is 0.326. The van der Waals surface area contributed by atoms with Gasteiger partial charge in [-0.15, -0.1) is 0 Å². The van der Waals surface area contributed by atoms with Gasteiger partial charge in [-0.2, -0.15) is 0 Å². The lowest BCUT2D eigenvalue weighted by Crippen LogP contribution is -2.06. The van der Waals surface area contributed by atoms with Crippen LogP contribution in [-0.2, 0) is 0 Å². The van der Waals surface area contributed by atoms with Crippen LogP contribution >= 0.6 is 0 Å². The van der Waals surface area contributed by atoms with E-state index in [1.165, 1.54) is 11.1 Å². The van der Waals surface area contributed by atoms with Crippen LogP contribution < -0.4 is 0 Å². The lowest BCUT2D eigenvalue weighted by atomic mass is 9.85. The van der Waals surface area contributed by atoms with Crippen molar-refractivity contribution in [3.05, 3.63) is 36.5 Å². The molecule has 0 aliphatic heterocycles. The molecule has 0 unspecified atom stereocenters. The van der Waals surface area contributed by atoms with Crippen molar-refractivity contribution in [2.45, 2.75) is 40.5 Å². The normalized spacial score (nSPS) is 13.5. The van der Waals surface area contributed by atoms with E-state index < -0.39 is 0 Å². The smallest absolute Gasteiger partial charge is 0.0227 e. The number of rotatable bonds is 4. The maximum atomic E-state index is 3.86. The first-order valence-corrected chi connectivity index (χ1v) is 4.91. The molecule has 74 valence electrons. The SMILES string of the molecule is C=CC(CC)=C(C=C)CC(C)(C)C. The first kappa shape index (κ1) is 12.2. The largest absolute Gasteiger partial charge is 0.0988 e. The minimum Gasteiger partial charge on any atom is -0.0988 e. The topological polar surface area (TPSA) is 0 Å². The van der Waals surface area contributed by atoms with E-state index in [-0.39, 0.29) is 0 Å². The lowest BCUT2D eigenvalue weighted by molar-refractivity contribution is 0.412. The Balaban J connectivity index is 4.77. The van der Waals surface area contributed by atoms with Crippen molar-refractivity contribution in [3.8, 4) is 0 Å². The summed E-state index contributed by atoms with van der Waals surface area (Å²) in [5.74, 6) is 0. The van der Waals surface area contributed by atoms with Gasteiger partial charge in [0, 0.05) is 0 Å². The molecule has 0 bridgehead atoms. The molecule has 0 heterocycles. The molecular formula is C13H22. The van der Waals surface area contributed by atoms with E-state index in [9.17, 15) is 0 Å². The van der Waals surface area contributed by atoms with E-state index >= 15 is 0 Å². The molecule has 0 aliphatic carbocycles. The predicted molar refractivity (Wildman–Crippen MR) is 61.8 cm³/mol. The summed E-state index contributed by atoms with van der Waals surface area (Å²) in [6.45, 7) is 16.6. The van der Waals surface area contributed by atoms with Gasteiger partial charge >= 0.3 is 0 Å². The Morgan fingerprint density at radius 2 is 1.54 bits per heavy atom. The van der Waals surface area contributed by atoms with Crippen LogP contribution in [0.2, 0.25) is 0 Å². The van der Waals surface area contributed by atoms with Crippen molar-refractivity contribution in [1.29, 1.82) is 0 Å². The molecule has 0 aromatic rings. The molecule has 13 heavy (non-hydrogen) atoms. The lowest BCUT2D eigenvalue weighted by Gasteiger charge is -2.20. The number of hydrogen-bond acceptors (Lipinski definition) is 0. The van der Waals surface area contributed by atoms with Gasteiger partial charge in [-0.05, 0) is 29.4 Å². The third-order valence-corrected chi connectivity index (χ3v) is 2.01. The van der Waals surface area contributed by atoms with E-state index in [1.807, 2.05) is 12.2 Å². The molecule has 0 spiro atoms. The first-order valence-electron chi connectivity index (χ1n) is 4.91. The van der Waals surface area contributed by atoms with Crippen molar-refractivity contribution in [1.82, 2.24) is 0 Å². The van der Waals surface area contributed by atoms with Crippen LogP contribution in [0.1, 0.15) is 40.5 Å². The van der Waals surface area contributed by atoms with E-state index in [0.717, 1.165) is 12.8 Å². The average Bonchev–Trinajstić information content (AvgIpc) is 2.02. The Morgan fingerprint density at radius 1 is 1.08 bits per heavy atom. The van der Waals surface area contributed by atoms with E-state index in [4.69, 9.17) is 0 Å². The minimum absolute atomic E-state index is 0.326. The van der Waals surface area contributed by atoms with Crippen molar-refractivity contribution in [3.63, 3.8) is 0 Å². The van der Waals surface area contributed by atoms with E-state index in [2.05, 4.69) is 40.9 Å². The summed E-state index contributed by atoms with van der Waals surface area (Å²) in [6.07, 6.45) is 6.03. The van der Waals surface area contributed by atoms with Crippen LogP contribution in [0.5, 0.6) is 0 Å². The fourth-order valence-electron chi connectivity index (χ4n) is 1.39. The molecule has 0 rings (SSSR count). The molecule has 0 amide bonds. The highest BCUT2D eigenvalue weighted by Gasteiger charge is 2.12. The molecule has 0 N–H and O–H groups in total. The zero-order chi connectivity index (χ0) is 10.5. The third kappa shape index (κ3) is 4.72. The number of hydrogen-bond donors (Lipinski definition) is 0. The Kier molecular flexibility index (Phi) is 4.76. The monoisotopic (exact) mass is 178 g/mol. The molecule has 0 fully saturated rings. The van der Waals surface area contributed by atoms with Crippen molar-refractivity contribution >= 4 is 0 Å². The summed E-state index contributed by atoms with van der Waals surface area (Å²) in [7, 11) is 0. The Morgan fingerprint density at radius 3 is 1.77 bits per heavy atom. The van der Waals surface area contributed by atoms with Gasteiger partial charge in [-0.1, -0.05) is 53.0 Å².